The third-order valence-electron chi connectivity index (χ3n) is 3.15. The Morgan fingerprint density at radius 2 is 1.87 bits per heavy atom. The van der Waals surface area contributed by atoms with E-state index in [0.717, 1.165) is 11.8 Å². The first-order valence-corrected chi connectivity index (χ1v) is 8.05. The van der Waals surface area contributed by atoms with Crippen LogP contribution in [0.15, 0.2) is 58.5 Å². The highest BCUT2D eigenvalue weighted by molar-refractivity contribution is 7.99. The van der Waals surface area contributed by atoms with Crippen LogP contribution in [-0.2, 0) is 4.79 Å². The number of benzene rings is 2. The van der Waals surface area contributed by atoms with Crippen LogP contribution in [-0.4, -0.2) is 26.4 Å². The molecule has 0 aliphatic heterocycles. The van der Waals surface area contributed by atoms with Crippen LogP contribution >= 0.6 is 23.4 Å². The van der Waals surface area contributed by atoms with Crippen LogP contribution in [0, 0.1) is 0 Å². The number of aliphatic carboxylic acids is 1. The average molecular weight is 347 g/mol. The van der Waals surface area contributed by atoms with Gasteiger partial charge in [0.1, 0.15) is 0 Å². The highest BCUT2D eigenvalue weighted by atomic mass is 35.5. The molecule has 0 aliphatic carbocycles. The summed E-state index contributed by atoms with van der Waals surface area (Å²) in [6, 6.07) is 13.7. The van der Waals surface area contributed by atoms with Crippen molar-refractivity contribution in [1.29, 1.82) is 0 Å². The number of para-hydroxylation sites is 1. The van der Waals surface area contributed by atoms with E-state index in [9.17, 15) is 9.59 Å². The normalized spacial score (nSPS) is 10.8. The summed E-state index contributed by atoms with van der Waals surface area (Å²) in [5, 5.41) is 10.3. The number of hydrogen-bond acceptors (Lipinski definition) is 4. The molecule has 116 valence electrons. The molecule has 7 heteroatoms. The minimum absolute atomic E-state index is 0.182. The van der Waals surface area contributed by atoms with Crippen molar-refractivity contribution in [3.8, 4) is 5.69 Å². The van der Waals surface area contributed by atoms with Gasteiger partial charge in [0, 0.05) is 5.02 Å². The van der Waals surface area contributed by atoms with Crippen LogP contribution in [0.1, 0.15) is 0 Å². The van der Waals surface area contributed by atoms with Gasteiger partial charge >= 0.3 is 5.97 Å². The molecule has 0 fully saturated rings. The maximum Gasteiger partial charge on any atom is 0.313 e. The number of aromatic nitrogens is 2. The van der Waals surface area contributed by atoms with Crippen LogP contribution in [0.3, 0.4) is 0 Å². The van der Waals surface area contributed by atoms with Gasteiger partial charge in [-0.1, -0.05) is 35.5 Å². The fraction of sp³-hybridized carbons (Fsp3) is 0.0625. The second-order valence-corrected chi connectivity index (χ2v) is 6.09. The summed E-state index contributed by atoms with van der Waals surface area (Å²) < 4.78 is 1.41. The molecule has 0 atom stereocenters. The van der Waals surface area contributed by atoms with E-state index in [1.54, 1.807) is 48.5 Å². The lowest BCUT2D eigenvalue weighted by Gasteiger charge is -2.12. The fourth-order valence-electron chi connectivity index (χ4n) is 2.15. The summed E-state index contributed by atoms with van der Waals surface area (Å²) in [5.41, 5.74) is 0.881. The van der Waals surface area contributed by atoms with Crippen LogP contribution in [0.4, 0.5) is 0 Å². The van der Waals surface area contributed by atoms with E-state index in [1.807, 2.05) is 0 Å². The van der Waals surface area contributed by atoms with Gasteiger partial charge < -0.3 is 5.11 Å². The Morgan fingerprint density at radius 1 is 1.17 bits per heavy atom. The molecule has 0 amide bonds. The third-order valence-corrected chi connectivity index (χ3v) is 4.33. The highest BCUT2D eigenvalue weighted by Gasteiger charge is 2.14. The number of rotatable bonds is 4. The Kier molecular flexibility index (Phi) is 4.36. The van der Waals surface area contributed by atoms with Gasteiger partial charge in [-0.05, 0) is 36.4 Å². The first-order valence-electron chi connectivity index (χ1n) is 6.68. The van der Waals surface area contributed by atoms with Gasteiger partial charge in [-0.15, -0.1) is 0 Å². The number of carbonyl (C=O) groups is 1. The van der Waals surface area contributed by atoms with Crippen molar-refractivity contribution in [3.05, 3.63) is 63.9 Å². The summed E-state index contributed by atoms with van der Waals surface area (Å²) in [4.78, 5) is 28.1. The highest BCUT2D eigenvalue weighted by Crippen LogP contribution is 2.22. The second kappa shape index (κ2) is 6.44. The Morgan fingerprint density at radius 3 is 2.57 bits per heavy atom. The maximum absolute atomic E-state index is 12.8. The monoisotopic (exact) mass is 346 g/mol. The molecular formula is C16H11ClN2O3S. The van der Waals surface area contributed by atoms with Crippen molar-refractivity contribution in [3.63, 3.8) is 0 Å². The van der Waals surface area contributed by atoms with Gasteiger partial charge in [0.05, 0.1) is 22.3 Å². The molecular weight excluding hydrogens is 336 g/mol. The number of halogens is 1. The van der Waals surface area contributed by atoms with Gasteiger partial charge in [-0.25, -0.2) is 4.98 Å². The SMILES string of the molecule is O=C(O)CSc1nc2ccccc2c(=O)n1-c1ccc(Cl)cc1. The smallest absolute Gasteiger partial charge is 0.313 e. The largest absolute Gasteiger partial charge is 0.481 e. The van der Waals surface area contributed by atoms with Crippen molar-refractivity contribution in [2.75, 3.05) is 5.75 Å². The molecule has 0 unspecified atom stereocenters. The quantitative estimate of drug-likeness (QED) is 0.580. The first-order chi connectivity index (χ1) is 11.1. The van der Waals surface area contributed by atoms with E-state index in [1.165, 1.54) is 4.57 Å². The zero-order valence-corrected chi connectivity index (χ0v) is 13.3. The number of carboxylic acids is 1. The summed E-state index contributed by atoms with van der Waals surface area (Å²) in [7, 11) is 0. The van der Waals surface area contributed by atoms with Crippen molar-refractivity contribution in [2.24, 2.45) is 0 Å². The van der Waals surface area contributed by atoms with Gasteiger partial charge in [0.15, 0.2) is 5.16 Å². The molecule has 2 aromatic carbocycles. The lowest BCUT2D eigenvalue weighted by molar-refractivity contribution is -0.133. The van der Waals surface area contributed by atoms with Crippen LogP contribution < -0.4 is 5.56 Å². The molecule has 1 N–H and O–H groups in total. The molecule has 5 nitrogen and oxygen atoms in total. The van der Waals surface area contributed by atoms with Crippen molar-refractivity contribution < 1.29 is 9.90 Å². The van der Waals surface area contributed by atoms with Crippen LogP contribution in [0.5, 0.6) is 0 Å². The predicted octanol–water partition coefficient (Wildman–Crippen LogP) is 3.22. The molecule has 1 heterocycles. The Balaban J connectivity index is 2.25. The standard InChI is InChI=1S/C16H11ClN2O3S/c17-10-5-7-11(8-6-10)19-15(22)12-3-1-2-4-13(12)18-16(19)23-9-14(20)21/h1-8H,9H2,(H,20,21). The van der Waals surface area contributed by atoms with E-state index in [-0.39, 0.29) is 11.3 Å². The Hall–Kier alpha value is -2.31. The Bertz CT molecular complexity index is 938. The minimum Gasteiger partial charge on any atom is -0.481 e. The molecule has 0 radical (unpaired) electrons. The zero-order valence-electron chi connectivity index (χ0n) is 11.8. The van der Waals surface area contributed by atoms with E-state index in [0.29, 0.717) is 26.8 Å². The van der Waals surface area contributed by atoms with E-state index in [2.05, 4.69) is 4.98 Å². The third kappa shape index (κ3) is 3.23. The number of fused-ring (bicyclic) bond motifs is 1. The molecule has 0 aliphatic rings. The predicted molar refractivity (Wildman–Crippen MR) is 90.7 cm³/mol. The number of hydrogen-bond donors (Lipinski definition) is 1. The van der Waals surface area contributed by atoms with Gasteiger partial charge in [-0.2, -0.15) is 0 Å². The zero-order chi connectivity index (χ0) is 16.4. The lowest BCUT2D eigenvalue weighted by atomic mass is 10.2. The fourth-order valence-corrected chi connectivity index (χ4v) is 3.01. The van der Waals surface area contributed by atoms with Gasteiger partial charge in [0.2, 0.25) is 0 Å². The van der Waals surface area contributed by atoms with E-state index >= 15 is 0 Å². The Labute approximate surface area is 140 Å². The first kappa shape index (κ1) is 15.6. The summed E-state index contributed by atoms with van der Waals surface area (Å²) in [5.74, 6) is -1.15. The summed E-state index contributed by atoms with van der Waals surface area (Å²) >= 11 is 6.89. The second-order valence-electron chi connectivity index (χ2n) is 4.71. The van der Waals surface area contributed by atoms with Crippen molar-refractivity contribution in [1.82, 2.24) is 9.55 Å². The lowest BCUT2D eigenvalue weighted by Crippen LogP contribution is -2.22. The van der Waals surface area contributed by atoms with Crippen LogP contribution in [0.25, 0.3) is 16.6 Å². The molecule has 23 heavy (non-hydrogen) atoms. The average Bonchev–Trinajstić information content (AvgIpc) is 2.54. The molecule has 0 spiro atoms. The van der Waals surface area contributed by atoms with Crippen molar-refractivity contribution >= 4 is 40.2 Å². The minimum atomic E-state index is -0.972. The summed E-state index contributed by atoms with van der Waals surface area (Å²) in [6.45, 7) is 0. The van der Waals surface area contributed by atoms with E-state index < -0.39 is 5.97 Å². The molecule has 0 saturated heterocycles. The molecule has 3 rings (SSSR count). The molecule has 1 aromatic heterocycles. The van der Waals surface area contributed by atoms with Gasteiger partial charge in [-0.3, -0.25) is 14.2 Å². The number of carboxylic acid groups (broad SMARTS) is 1. The molecule has 0 bridgehead atoms. The molecule has 0 saturated carbocycles. The molecule has 3 aromatic rings. The van der Waals surface area contributed by atoms with Crippen molar-refractivity contribution in [2.45, 2.75) is 5.16 Å². The maximum atomic E-state index is 12.8. The van der Waals surface area contributed by atoms with Crippen LogP contribution in [0.2, 0.25) is 5.02 Å². The van der Waals surface area contributed by atoms with Gasteiger partial charge in [0.25, 0.3) is 5.56 Å². The topological polar surface area (TPSA) is 72.2 Å². The summed E-state index contributed by atoms with van der Waals surface area (Å²) in [6.07, 6.45) is 0. The number of nitrogens with zero attached hydrogens (tertiary/aromatic N) is 2. The number of thioether (sulfide) groups is 1. The van der Waals surface area contributed by atoms with E-state index in [4.69, 9.17) is 16.7 Å².